The molecule has 1 aliphatic heterocycles. The van der Waals surface area contributed by atoms with Gasteiger partial charge in [0.05, 0.1) is 0 Å². The zero-order valence-electron chi connectivity index (χ0n) is 14.9. The van der Waals surface area contributed by atoms with Crippen molar-refractivity contribution in [3.8, 4) is 0 Å². The Balaban J connectivity index is 1.68. The van der Waals surface area contributed by atoms with Gasteiger partial charge in [0.2, 0.25) is 5.91 Å². The molecule has 0 saturated carbocycles. The van der Waals surface area contributed by atoms with E-state index in [9.17, 15) is 14.4 Å². The average molecular weight is 450 g/mol. The number of nitrogens with one attached hydrogen (secondary N) is 1. The van der Waals surface area contributed by atoms with Crippen molar-refractivity contribution >= 4 is 45.2 Å². The fourth-order valence-corrected chi connectivity index (χ4v) is 4.14. The number of pyridine rings is 1. The van der Waals surface area contributed by atoms with Crippen LogP contribution in [0.15, 0.2) is 45.8 Å². The Hall–Kier alpha value is -2.06. The zero-order chi connectivity index (χ0) is 19.4. The lowest BCUT2D eigenvalue weighted by Crippen LogP contribution is -2.37. The number of aromatic nitrogens is 1. The first-order valence-corrected chi connectivity index (χ1v) is 10.5. The lowest BCUT2D eigenvalue weighted by Gasteiger charge is -2.26. The summed E-state index contributed by atoms with van der Waals surface area (Å²) in [6.07, 6.45) is 1.58. The van der Waals surface area contributed by atoms with Crippen molar-refractivity contribution in [1.82, 2.24) is 9.47 Å². The van der Waals surface area contributed by atoms with Gasteiger partial charge in [-0.1, -0.05) is 0 Å². The van der Waals surface area contributed by atoms with Crippen LogP contribution in [0.5, 0.6) is 0 Å². The molecule has 1 fully saturated rings. The fourth-order valence-electron chi connectivity index (χ4n) is 2.86. The van der Waals surface area contributed by atoms with Crippen LogP contribution in [-0.2, 0) is 11.3 Å². The van der Waals surface area contributed by atoms with Crippen LogP contribution >= 0.6 is 27.7 Å². The molecule has 0 spiro atoms. The minimum absolute atomic E-state index is 0.0250. The van der Waals surface area contributed by atoms with Crippen molar-refractivity contribution < 1.29 is 9.59 Å². The molecule has 1 aromatic carbocycles. The van der Waals surface area contributed by atoms with Gasteiger partial charge in [0.25, 0.3) is 11.5 Å². The van der Waals surface area contributed by atoms with Gasteiger partial charge in [-0.3, -0.25) is 14.4 Å². The molecular weight excluding hydrogens is 430 g/mol. The molecule has 0 atom stereocenters. The van der Waals surface area contributed by atoms with E-state index in [1.54, 1.807) is 30.5 Å². The molecule has 6 nitrogen and oxygen atoms in total. The molecule has 8 heteroatoms. The predicted molar refractivity (Wildman–Crippen MR) is 111 cm³/mol. The van der Waals surface area contributed by atoms with Gasteiger partial charge >= 0.3 is 0 Å². The van der Waals surface area contributed by atoms with E-state index in [2.05, 4.69) is 21.2 Å². The highest BCUT2D eigenvalue weighted by atomic mass is 79.9. The Kier molecular flexibility index (Phi) is 6.38. The number of halogens is 1. The van der Waals surface area contributed by atoms with Gasteiger partial charge in [-0.2, -0.15) is 11.8 Å². The highest BCUT2D eigenvalue weighted by Crippen LogP contribution is 2.19. The van der Waals surface area contributed by atoms with Crippen LogP contribution < -0.4 is 10.9 Å². The number of nitrogens with zero attached hydrogens (tertiary/aromatic N) is 2. The third kappa shape index (κ3) is 5.01. The molecule has 1 saturated heterocycles. The van der Waals surface area contributed by atoms with Crippen molar-refractivity contribution in [1.29, 1.82) is 0 Å². The number of carbonyl (C=O) groups is 2. The first-order valence-electron chi connectivity index (χ1n) is 8.57. The number of benzene rings is 1. The number of rotatable bonds is 4. The van der Waals surface area contributed by atoms with E-state index in [4.69, 9.17) is 0 Å². The maximum Gasteiger partial charge on any atom is 0.253 e. The van der Waals surface area contributed by atoms with E-state index in [1.165, 1.54) is 10.6 Å². The monoisotopic (exact) mass is 449 g/mol. The first-order chi connectivity index (χ1) is 12.9. The van der Waals surface area contributed by atoms with Gasteiger partial charge in [0, 0.05) is 52.6 Å². The van der Waals surface area contributed by atoms with Crippen LogP contribution in [0.3, 0.4) is 0 Å². The third-order valence-corrected chi connectivity index (χ3v) is 5.72. The molecular formula is C19H20BrN3O3S. The van der Waals surface area contributed by atoms with E-state index in [0.29, 0.717) is 11.3 Å². The maximum absolute atomic E-state index is 12.6. The number of thioether (sulfide) groups is 1. The minimum Gasteiger partial charge on any atom is -0.337 e. The van der Waals surface area contributed by atoms with Crippen LogP contribution in [0.1, 0.15) is 15.9 Å². The summed E-state index contributed by atoms with van der Waals surface area (Å²) in [6.45, 7) is 3.30. The van der Waals surface area contributed by atoms with Crippen LogP contribution in [-0.4, -0.2) is 45.9 Å². The summed E-state index contributed by atoms with van der Waals surface area (Å²) >= 11 is 5.15. The van der Waals surface area contributed by atoms with E-state index in [0.717, 1.165) is 34.6 Å². The van der Waals surface area contributed by atoms with Gasteiger partial charge < -0.3 is 14.8 Å². The molecule has 2 amide bonds. The third-order valence-electron chi connectivity index (χ3n) is 4.31. The molecule has 3 rings (SSSR count). The summed E-state index contributed by atoms with van der Waals surface area (Å²) in [7, 11) is 0. The number of carbonyl (C=O) groups excluding carboxylic acids is 2. The van der Waals surface area contributed by atoms with Crippen LogP contribution in [0.4, 0.5) is 5.69 Å². The minimum atomic E-state index is -0.301. The smallest absolute Gasteiger partial charge is 0.253 e. The van der Waals surface area contributed by atoms with Crippen LogP contribution in [0, 0.1) is 6.92 Å². The Bertz CT molecular complexity index is 923. The van der Waals surface area contributed by atoms with E-state index in [1.807, 2.05) is 23.6 Å². The number of hydrogen-bond acceptors (Lipinski definition) is 4. The van der Waals surface area contributed by atoms with E-state index >= 15 is 0 Å². The molecule has 0 aliphatic carbocycles. The molecule has 142 valence electrons. The molecule has 0 bridgehead atoms. The molecule has 1 N–H and O–H groups in total. The van der Waals surface area contributed by atoms with Crippen LogP contribution in [0.25, 0.3) is 0 Å². The van der Waals surface area contributed by atoms with Gasteiger partial charge in [-0.25, -0.2) is 0 Å². The second-order valence-electron chi connectivity index (χ2n) is 6.30. The Morgan fingerprint density at radius 3 is 2.63 bits per heavy atom. The molecule has 2 heterocycles. The molecule has 0 radical (unpaired) electrons. The summed E-state index contributed by atoms with van der Waals surface area (Å²) in [5.41, 5.74) is 1.82. The number of amides is 2. The Labute approximate surface area is 170 Å². The maximum atomic E-state index is 12.6. The largest absolute Gasteiger partial charge is 0.337 e. The number of anilines is 1. The molecule has 27 heavy (non-hydrogen) atoms. The van der Waals surface area contributed by atoms with Crippen molar-refractivity contribution in [2.75, 3.05) is 29.9 Å². The lowest BCUT2D eigenvalue weighted by molar-refractivity contribution is -0.116. The van der Waals surface area contributed by atoms with Gasteiger partial charge in [0.1, 0.15) is 6.54 Å². The molecule has 1 aromatic heterocycles. The second kappa shape index (κ2) is 8.75. The molecule has 2 aromatic rings. The summed E-state index contributed by atoms with van der Waals surface area (Å²) in [6, 6.07) is 8.31. The normalized spacial score (nSPS) is 14.1. The quantitative estimate of drug-likeness (QED) is 0.778. The highest BCUT2D eigenvalue weighted by molar-refractivity contribution is 9.10. The second-order valence-corrected chi connectivity index (χ2v) is 8.44. The topological polar surface area (TPSA) is 71.4 Å². The van der Waals surface area contributed by atoms with Crippen molar-refractivity contribution in [2.45, 2.75) is 13.5 Å². The number of hydrogen-bond donors (Lipinski definition) is 1. The Morgan fingerprint density at radius 2 is 1.93 bits per heavy atom. The SMILES string of the molecule is Cc1cc(C(=O)N2CCSCC2)ccc1NC(=O)Cn1cc(Br)ccc1=O. The lowest BCUT2D eigenvalue weighted by atomic mass is 10.1. The van der Waals surface area contributed by atoms with Gasteiger partial charge in [-0.15, -0.1) is 0 Å². The average Bonchev–Trinajstić information content (AvgIpc) is 2.66. The first kappa shape index (κ1) is 19.7. The Morgan fingerprint density at radius 1 is 1.19 bits per heavy atom. The van der Waals surface area contributed by atoms with Gasteiger partial charge in [0.15, 0.2) is 0 Å². The standard InChI is InChI=1S/C19H20BrN3O3S/c1-13-10-14(19(26)22-6-8-27-9-7-22)2-4-16(13)21-17(24)12-23-11-15(20)3-5-18(23)25/h2-5,10-11H,6-9,12H2,1H3,(H,21,24). The summed E-state index contributed by atoms with van der Waals surface area (Å²) in [5, 5.41) is 2.81. The highest BCUT2D eigenvalue weighted by Gasteiger charge is 2.19. The summed E-state index contributed by atoms with van der Waals surface area (Å²) in [4.78, 5) is 38.6. The summed E-state index contributed by atoms with van der Waals surface area (Å²) in [5.74, 6) is 1.66. The van der Waals surface area contributed by atoms with E-state index in [-0.39, 0.29) is 23.9 Å². The fraction of sp³-hybridized carbons (Fsp3) is 0.316. The van der Waals surface area contributed by atoms with Gasteiger partial charge in [-0.05, 0) is 52.7 Å². The van der Waals surface area contributed by atoms with Crippen LogP contribution in [0.2, 0.25) is 0 Å². The molecule has 1 aliphatic rings. The van der Waals surface area contributed by atoms with Crippen molar-refractivity contribution in [3.05, 3.63) is 62.5 Å². The van der Waals surface area contributed by atoms with Crippen molar-refractivity contribution in [3.63, 3.8) is 0 Å². The predicted octanol–water partition coefficient (Wildman–Crippen LogP) is 2.75. The van der Waals surface area contributed by atoms with E-state index < -0.39 is 0 Å². The summed E-state index contributed by atoms with van der Waals surface area (Å²) < 4.78 is 2.06. The van der Waals surface area contributed by atoms with Crippen molar-refractivity contribution in [2.24, 2.45) is 0 Å². The molecule has 0 unspecified atom stereocenters. The number of aryl methyl sites for hydroxylation is 1. The zero-order valence-corrected chi connectivity index (χ0v) is 17.3.